The third-order valence-corrected chi connectivity index (χ3v) is 6.48. The van der Waals surface area contributed by atoms with Crippen LogP contribution in [0, 0.1) is 0 Å². The maximum atomic E-state index is 12.6. The Balaban J connectivity index is 1.42. The van der Waals surface area contributed by atoms with E-state index in [1.54, 1.807) is 34.9 Å². The number of amides is 1. The van der Waals surface area contributed by atoms with E-state index < -0.39 is 5.97 Å². The van der Waals surface area contributed by atoms with Crippen LogP contribution in [0.1, 0.15) is 10.4 Å². The van der Waals surface area contributed by atoms with Crippen molar-refractivity contribution in [1.82, 2.24) is 14.8 Å². The number of ether oxygens (including phenoxy) is 2. The van der Waals surface area contributed by atoms with Gasteiger partial charge >= 0.3 is 5.97 Å². The van der Waals surface area contributed by atoms with Crippen LogP contribution >= 0.6 is 35.0 Å². The van der Waals surface area contributed by atoms with Gasteiger partial charge in [-0.2, -0.15) is 0 Å². The van der Waals surface area contributed by atoms with Crippen molar-refractivity contribution >= 4 is 52.5 Å². The predicted octanol–water partition coefficient (Wildman–Crippen LogP) is 5.40. The molecule has 0 saturated carbocycles. The first kappa shape index (κ1) is 24.0. The van der Waals surface area contributed by atoms with Crippen LogP contribution in [0.25, 0.3) is 17.1 Å². The Kier molecular flexibility index (Phi) is 6.73. The normalized spacial score (nSPS) is 11.9. The van der Waals surface area contributed by atoms with Gasteiger partial charge in [0.2, 0.25) is 12.7 Å². The van der Waals surface area contributed by atoms with Crippen molar-refractivity contribution in [1.29, 1.82) is 0 Å². The number of benzene rings is 3. The second-order valence-electron chi connectivity index (χ2n) is 7.56. The number of carboxylic acid groups (broad SMARTS) is 1. The van der Waals surface area contributed by atoms with E-state index in [2.05, 4.69) is 15.5 Å². The van der Waals surface area contributed by atoms with Gasteiger partial charge < -0.3 is 19.9 Å². The van der Waals surface area contributed by atoms with Crippen LogP contribution in [0.3, 0.4) is 0 Å². The van der Waals surface area contributed by atoms with Crippen LogP contribution in [0.4, 0.5) is 5.69 Å². The van der Waals surface area contributed by atoms with Crippen molar-refractivity contribution in [2.24, 2.45) is 0 Å². The van der Waals surface area contributed by atoms with Crippen LogP contribution in [0.2, 0.25) is 10.0 Å². The van der Waals surface area contributed by atoms with Gasteiger partial charge in [-0.25, -0.2) is 4.79 Å². The topological polar surface area (TPSA) is 116 Å². The Morgan fingerprint density at radius 2 is 1.69 bits per heavy atom. The summed E-state index contributed by atoms with van der Waals surface area (Å²) in [5, 5.41) is 21.7. The number of hydrogen-bond donors (Lipinski definition) is 2. The molecule has 0 spiro atoms. The number of hydrogen-bond acceptors (Lipinski definition) is 7. The fourth-order valence-electron chi connectivity index (χ4n) is 3.51. The number of carbonyl (C=O) groups is 2. The average Bonchev–Trinajstić information content (AvgIpc) is 3.49. The molecule has 9 nitrogen and oxygen atoms in total. The molecule has 0 saturated heterocycles. The van der Waals surface area contributed by atoms with Crippen molar-refractivity contribution in [3.05, 3.63) is 76.3 Å². The molecule has 2 heterocycles. The van der Waals surface area contributed by atoms with E-state index in [0.29, 0.717) is 43.9 Å². The number of nitrogens with zero attached hydrogens (tertiary/aromatic N) is 3. The van der Waals surface area contributed by atoms with Crippen molar-refractivity contribution in [3.8, 4) is 28.6 Å². The van der Waals surface area contributed by atoms with Crippen LogP contribution < -0.4 is 14.8 Å². The van der Waals surface area contributed by atoms with Gasteiger partial charge in [-0.1, -0.05) is 35.0 Å². The molecule has 1 amide bonds. The monoisotopic (exact) mass is 542 g/mol. The van der Waals surface area contributed by atoms with Gasteiger partial charge in [0, 0.05) is 21.3 Å². The number of carboxylic acids is 1. The predicted molar refractivity (Wildman–Crippen MR) is 136 cm³/mol. The second-order valence-corrected chi connectivity index (χ2v) is 9.37. The molecule has 0 atom stereocenters. The van der Waals surface area contributed by atoms with E-state index in [0.717, 1.165) is 5.56 Å². The molecule has 1 aliphatic rings. The first-order valence-electron chi connectivity index (χ1n) is 10.5. The third kappa shape index (κ3) is 5.11. The Morgan fingerprint density at radius 1 is 0.972 bits per heavy atom. The van der Waals surface area contributed by atoms with Crippen LogP contribution in [-0.2, 0) is 4.79 Å². The number of carbonyl (C=O) groups excluding carboxylic acids is 1. The fourth-order valence-corrected chi connectivity index (χ4v) is 4.78. The molecule has 0 bridgehead atoms. The Morgan fingerprint density at radius 3 is 2.42 bits per heavy atom. The molecule has 0 aliphatic carbocycles. The zero-order valence-electron chi connectivity index (χ0n) is 18.3. The standard InChI is InChI=1S/C24H16Cl2N4O5S/c25-15-8-16(26)10-18(9-15)30-22(14-3-6-19-20(7-14)35-12-34-19)28-29-24(30)36-11-21(31)27-17-4-1-13(2-5-17)23(32)33/h1-10H,11-12H2,(H,27,31)(H,32,33). The van der Waals surface area contributed by atoms with Gasteiger partial charge in [0.1, 0.15) is 0 Å². The van der Waals surface area contributed by atoms with Gasteiger partial charge in [0.25, 0.3) is 0 Å². The summed E-state index contributed by atoms with van der Waals surface area (Å²) in [6, 6.07) is 16.4. The minimum absolute atomic E-state index is 0.0221. The molecule has 12 heteroatoms. The molecule has 0 unspecified atom stereocenters. The van der Waals surface area contributed by atoms with E-state index >= 15 is 0 Å². The quantitative estimate of drug-likeness (QED) is 0.298. The lowest BCUT2D eigenvalue weighted by atomic mass is 10.2. The highest BCUT2D eigenvalue weighted by atomic mass is 35.5. The molecular weight excluding hydrogens is 527 g/mol. The van der Waals surface area contributed by atoms with Gasteiger partial charge in [-0.3, -0.25) is 9.36 Å². The summed E-state index contributed by atoms with van der Waals surface area (Å²) in [6.45, 7) is 0.143. The van der Waals surface area contributed by atoms with Crippen molar-refractivity contribution in [2.45, 2.75) is 5.16 Å². The largest absolute Gasteiger partial charge is 0.478 e. The molecule has 2 N–H and O–H groups in total. The third-order valence-electron chi connectivity index (χ3n) is 5.12. The molecule has 4 aromatic rings. The summed E-state index contributed by atoms with van der Waals surface area (Å²) in [6.07, 6.45) is 0. The molecule has 3 aromatic carbocycles. The minimum atomic E-state index is -1.04. The summed E-state index contributed by atoms with van der Waals surface area (Å²) in [4.78, 5) is 23.6. The Bertz CT molecular complexity index is 1460. The summed E-state index contributed by atoms with van der Waals surface area (Å²) in [5.41, 5.74) is 1.96. The summed E-state index contributed by atoms with van der Waals surface area (Å²) >= 11 is 13.7. The molecular formula is C24H16Cl2N4O5S. The van der Waals surface area contributed by atoms with Gasteiger partial charge in [-0.05, 0) is 60.7 Å². The lowest BCUT2D eigenvalue weighted by Gasteiger charge is -2.12. The Hall–Kier alpha value is -3.73. The smallest absolute Gasteiger partial charge is 0.335 e. The van der Waals surface area contributed by atoms with Crippen LogP contribution in [-0.4, -0.2) is 44.3 Å². The SMILES string of the molecule is O=C(CSc1nnc(-c2ccc3c(c2)OCO3)n1-c1cc(Cl)cc(Cl)c1)Nc1ccc(C(=O)O)cc1. The van der Waals surface area contributed by atoms with Crippen molar-refractivity contribution in [2.75, 3.05) is 17.9 Å². The number of fused-ring (bicyclic) bond motifs is 1. The van der Waals surface area contributed by atoms with E-state index in [4.69, 9.17) is 37.8 Å². The summed E-state index contributed by atoms with van der Waals surface area (Å²) in [7, 11) is 0. The lowest BCUT2D eigenvalue weighted by molar-refractivity contribution is -0.113. The van der Waals surface area contributed by atoms with Gasteiger partial charge in [0.15, 0.2) is 22.5 Å². The van der Waals surface area contributed by atoms with E-state index in [1.807, 2.05) is 6.07 Å². The van der Waals surface area contributed by atoms with E-state index in [-0.39, 0.29) is 24.0 Å². The maximum absolute atomic E-state index is 12.6. The van der Waals surface area contributed by atoms with Gasteiger partial charge in [0.05, 0.1) is 17.0 Å². The van der Waals surface area contributed by atoms with Crippen molar-refractivity contribution < 1.29 is 24.2 Å². The zero-order valence-corrected chi connectivity index (χ0v) is 20.6. The number of aromatic carboxylic acids is 1. The Labute approximate surface area is 219 Å². The van der Waals surface area contributed by atoms with Gasteiger partial charge in [-0.15, -0.1) is 10.2 Å². The molecule has 36 heavy (non-hydrogen) atoms. The maximum Gasteiger partial charge on any atom is 0.335 e. The number of anilines is 1. The number of rotatable bonds is 7. The first-order valence-corrected chi connectivity index (χ1v) is 12.2. The highest BCUT2D eigenvalue weighted by Crippen LogP contribution is 2.37. The lowest BCUT2D eigenvalue weighted by Crippen LogP contribution is -2.14. The number of halogens is 2. The highest BCUT2D eigenvalue weighted by Gasteiger charge is 2.21. The minimum Gasteiger partial charge on any atom is -0.478 e. The second kappa shape index (κ2) is 10.1. The fraction of sp³-hybridized carbons (Fsp3) is 0.0833. The summed E-state index contributed by atoms with van der Waals surface area (Å²) in [5.74, 6) is 0.410. The molecule has 1 aromatic heterocycles. The molecule has 0 fully saturated rings. The van der Waals surface area contributed by atoms with Crippen LogP contribution in [0.5, 0.6) is 11.5 Å². The van der Waals surface area contributed by atoms with E-state index in [9.17, 15) is 9.59 Å². The number of aromatic nitrogens is 3. The number of nitrogens with one attached hydrogen (secondary N) is 1. The molecule has 5 rings (SSSR count). The van der Waals surface area contributed by atoms with E-state index in [1.165, 1.54) is 36.0 Å². The molecule has 1 aliphatic heterocycles. The zero-order chi connectivity index (χ0) is 25.2. The highest BCUT2D eigenvalue weighted by molar-refractivity contribution is 7.99. The van der Waals surface area contributed by atoms with Crippen molar-refractivity contribution in [3.63, 3.8) is 0 Å². The van der Waals surface area contributed by atoms with Crippen LogP contribution in [0.15, 0.2) is 65.8 Å². The average molecular weight is 543 g/mol. The molecule has 182 valence electrons. The molecule has 0 radical (unpaired) electrons. The number of thioether (sulfide) groups is 1. The first-order chi connectivity index (χ1) is 17.4. The summed E-state index contributed by atoms with van der Waals surface area (Å²) < 4.78 is 12.6.